The van der Waals surface area contributed by atoms with E-state index in [4.69, 9.17) is 5.11 Å². The summed E-state index contributed by atoms with van der Waals surface area (Å²) in [6.45, 7) is 0.354. The molecule has 0 spiro atoms. The minimum atomic E-state index is -0.930. The van der Waals surface area contributed by atoms with Crippen molar-refractivity contribution in [3.8, 4) is 11.5 Å². The van der Waals surface area contributed by atoms with Crippen LogP contribution in [-0.2, 0) is 17.8 Å². The number of halogens is 1. The van der Waals surface area contributed by atoms with E-state index in [1.54, 1.807) is 30.3 Å². The SMILES string of the molecule is O=C(O)Cc1c(Br)n(Cc2ccccc2O)c2cc(O)ccc12. The molecule has 0 saturated carbocycles. The van der Waals surface area contributed by atoms with Crippen LogP contribution in [0.15, 0.2) is 47.1 Å². The van der Waals surface area contributed by atoms with Gasteiger partial charge in [-0.05, 0) is 34.1 Å². The highest BCUT2D eigenvalue weighted by Crippen LogP contribution is 2.34. The summed E-state index contributed by atoms with van der Waals surface area (Å²) in [5.74, 6) is -0.663. The van der Waals surface area contributed by atoms with E-state index in [2.05, 4.69) is 15.9 Å². The molecule has 6 heteroatoms. The lowest BCUT2D eigenvalue weighted by atomic mass is 10.1. The first-order chi connectivity index (χ1) is 11.0. The van der Waals surface area contributed by atoms with Crippen molar-refractivity contribution < 1.29 is 20.1 Å². The molecule has 0 saturated heterocycles. The lowest BCUT2D eigenvalue weighted by Gasteiger charge is -2.09. The number of phenolic OH excluding ortho intramolecular Hbond substituents is 2. The molecule has 0 amide bonds. The molecule has 118 valence electrons. The van der Waals surface area contributed by atoms with Crippen LogP contribution in [0.2, 0.25) is 0 Å². The van der Waals surface area contributed by atoms with Gasteiger partial charge in [0.2, 0.25) is 0 Å². The summed E-state index contributed by atoms with van der Waals surface area (Å²) >= 11 is 3.47. The van der Waals surface area contributed by atoms with Gasteiger partial charge >= 0.3 is 5.97 Å². The molecule has 3 N–H and O–H groups in total. The molecule has 5 nitrogen and oxygen atoms in total. The van der Waals surface area contributed by atoms with Crippen LogP contribution in [-0.4, -0.2) is 25.9 Å². The first-order valence-corrected chi connectivity index (χ1v) is 7.75. The van der Waals surface area contributed by atoms with E-state index in [0.717, 1.165) is 5.39 Å². The van der Waals surface area contributed by atoms with E-state index in [1.165, 1.54) is 6.07 Å². The first-order valence-electron chi connectivity index (χ1n) is 6.95. The molecule has 3 aromatic rings. The predicted molar refractivity (Wildman–Crippen MR) is 89.9 cm³/mol. The van der Waals surface area contributed by atoms with Gasteiger partial charge in [-0.1, -0.05) is 18.2 Å². The van der Waals surface area contributed by atoms with E-state index < -0.39 is 5.97 Å². The maximum absolute atomic E-state index is 11.1. The minimum absolute atomic E-state index is 0.0999. The molecule has 0 aliphatic rings. The number of para-hydroxylation sites is 1. The van der Waals surface area contributed by atoms with Gasteiger partial charge in [-0.2, -0.15) is 0 Å². The van der Waals surface area contributed by atoms with Crippen molar-refractivity contribution in [2.24, 2.45) is 0 Å². The zero-order valence-electron chi connectivity index (χ0n) is 12.0. The number of phenols is 2. The van der Waals surface area contributed by atoms with Crippen LogP contribution in [0.25, 0.3) is 10.9 Å². The third-order valence-corrected chi connectivity index (χ3v) is 4.64. The Labute approximate surface area is 140 Å². The fourth-order valence-electron chi connectivity index (χ4n) is 2.67. The third-order valence-electron chi connectivity index (χ3n) is 3.73. The van der Waals surface area contributed by atoms with E-state index in [0.29, 0.717) is 27.8 Å². The smallest absolute Gasteiger partial charge is 0.307 e. The molecule has 0 aliphatic carbocycles. The zero-order chi connectivity index (χ0) is 16.6. The molecule has 0 aliphatic heterocycles. The molecule has 0 atom stereocenters. The van der Waals surface area contributed by atoms with Crippen molar-refractivity contribution in [2.45, 2.75) is 13.0 Å². The molecule has 0 fully saturated rings. The second-order valence-electron chi connectivity index (χ2n) is 5.26. The lowest BCUT2D eigenvalue weighted by molar-refractivity contribution is -0.136. The van der Waals surface area contributed by atoms with Gasteiger partial charge in [-0.15, -0.1) is 0 Å². The molecule has 0 unspecified atom stereocenters. The topological polar surface area (TPSA) is 82.7 Å². The molecule has 2 aromatic carbocycles. The number of aliphatic carboxylic acids is 1. The summed E-state index contributed by atoms with van der Waals surface area (Å²) in [6.07, 6.45) is -0.129. The summed E-state index contributed by atoms with van der Waals surface area (Å²) in [6, 6.07) is 11.8. The van der Waals surface area contributed by atoms with Gasteiger partial charge in [-0.3, -0.25) is 4.79 Å². The zero-order valence-corrected chi connectivity index (χ0v) is 13.6. The second-order valence-corrected chi connectivity index (χ2v) is 6.01. The van der Waals surface area contributed by atoms with Gasteiger partial charge in [0.25, 0.3) is 0 Å². The van der Waals surface area contributed by atoms with Gasteiger partial charge in [0.1, 0.15) is 11.5 Å². The Hall–Kier alpha value is -2.47. The Morgan fingerprint density at radius 1 is 1.13 bits per heavy atom. The summed E-state index contributed by atoms with van der Waals surface area (Å²) in [7, 11) is 0. The van der Waals surface area contributed by atoms with Crippen LogP contribution < -0.4 is 0 Å². The predicted octanol–water partition coefficient (Wildman–Crippen LogP) is 3.49. The van der Waals surface area contributed by atoms with Crippen LogP contribution in [0.4, 0.5) is 0 Å². The highest BCUT2D eigenvalue weighted by atomic mass is 79.9. The third kappa shape index (κ3) is 2.90. The number of hydrogen-bond donors (Lipinski definition) is 3. The van der Waals surface area contributed by atoms with E-state index in [-0.39, 0.29) is 17.9 Å². The average Bonchev–Trinajstić information content (AvgIpc) is 2.74. The van der Waals surface area contributed by atoms with Crippen LogP contribution in [0, 0.1) is 0 Å². The van der Waals surface area contributed by atoms with Crippen LogP contribution >= 0.6 is 15.9 Å². The van der Waals surface area contributed by atoms with Gasteiger partial charge in [-0.25, -0.2) is 0 Å². The minimum Gasteiger partial charge on any atom is -0.508 e. The maximum atomic E-state index is 11.1. The van der Waals surface area contributed by atoms with Crippen LogP contribution in [0.1, 0.15) is 11.1 Å². The number of nitrogens with zero attached hydrogens (tertiary/aromatic N) is 1. The highest BCUT2D eigenvalue weighted by molar-refractivity contribution is 9.10. The summed E-state index contributed by atoms with van der Waals surface area (Å²) < 4.78 is 2.46. The molecule has 3 rings (SSSR count). The van der Waals surface area contributed by atoms with Crippen molar-refractivity contribution in [2.75, 3.05) is 0 Å². The molecule has 1 heterocycles. The van der Waals surface area contributed by atoms with Gasteiger partial charge in [0.15, 0.2) is 0 Å². The standard InChI is InChI=1S/C17H14BrNO4/c18-17-13(8-16(22)23)12-6-5-11(20)7-14(12)19(17)9-10-3-1-2-4-15(10)21/h1-7,20-21H,8-9H2,(H,22,23). The number of aromatic hydroxyl groups is 2. The summed E-state index contributed by atoms with van der Waals surface area (Å²) in [5, 5.41) is 29.6. The molecule has 0 bridgehead atoms. The van der Waals surface area contributed by atoms with Crippen LogP contribution in [0.5, 0.6) is 11.5 Å². The molecular weight excluding hydrogens is 362 g/mol. The quantitative estimate of drug-likeness (QED) is 0.651. The fraction of sp³-hybridized carbons (Fsp3) is 0.118. The summed E-state index contributed by atoms with van der Waals surface area (Å²) in [5.41, 5.74) is 2.05. The van der Waals surface area contributed by atoms with Crippen LogP contribution in [0.3, 0.4) is 0 Å². The van der Waals surface area contributed by atoms with Gasteiger partial charge < -0.3 is 19.9 Å². The second kappa shape index (κ2) is 5.96. The molecule has 23 heavy (non-hydrogen) atoms. The number of carboxylic acid groups (broad SMARTS) is 1. The highest BCUT2D eigenvalue weighted by Gasteiger charge is 2.18. The Morgan fingerprint density at radius 2 is 1.87 bits per heavy atom. The van der Waals surface area contributed by atoms with E-state index in [1.807, 2.05) is 10.6 Å². The van der Waals surface area contributed by atoms with Gasteiger partial charge in [0, 0.05) is 22.6 Å². The molecular formula is C17H14BrNO4. The van der Waals surface area contributed by atoms with Crippen molar-refractivity contribution in [3.05, 3.63) is 58.2 Å². The number of benzene rings is 2. The number of fused-ring (bicyclic) bond motifs is 1. The maximum Gasteiger partial charge on any atom is 0.307 e. The van der Waals surface area contributed by atoms with E-state index >= 15 is 0 Å². The number of hydrogen-bond acceptors (Lipinski definition) is 3. The largest absolute Gasteiger partial charge is 0.508 e. The van der Waals surface area contributed by atoms with Gasteiger partial charge in [0.05, 0.1) is 23.1 Å². The fourth-order valence-corrected chi connectivity index (χ4v) is 3.34. The number of rotatable bonds is 4. The van der Waals surface area contributed by atoms with Crippen molar-refractivity contribution in [1.29, 1.82) is 0 Å². The van der Waals surface area contributed by atoms with Crippen molar-refractivity contribution >= 4 is 32.8 Å². The Kier molecular flexibility index (Phi) is 4.00. The molecule has 0 radical (unpaired) electrons. The van der Waals surface area contributed by atoms with Crippen molar-refractivity contribution in [3.63, 3.8) is 0 Å². The number of carboxylic acids is 1. The summed E-state index contributed by atoms with van der Waals surface area (Å²) in [4.78, 5) is 11.1. The molecule has 1 aromatic heterocycles. The lowest BCUT2D eigenvalue weighted by Crippen LogP contribution is -2.03. The Bertz CT molecular complexity index is 901. The average molecular weight is 376 g/mol. The number of aromatic nitrogens is 1. The number of carbonyl (C=O) groups is 1. The van der Waals surface area contributed by atoms with E-state index in [9.17, 15) is 15.0 Å². The Balaban J connectivity index is 2.19. The Morgan fingerprint density at radius 3 is 2.57 bits per heavy atom. The normalized spacial score (nSPS) is 11.0. The monoisotopic (exact) mass is 375 g/mol. The first kappa shape index (κ1) is 15.4. The van der Waals surface area contributed by atoms with Crippen molar-refractivity contribution in [1.82, 2.24) is 4.57 Å².